The second-order valence-electron chi connectivity index (χ2n) is 4.83. The number of hydrogen-bond donors (Lipinski definition) is 0. The lowest BCUT2D eigenvalue weighted by molar-refractivity contribution is 0.0596. The first-order valence-corrected chi connectivity index (χ1v) is 9.76. The van der Waals surface area contributed by atoms with E-state index in [1.807, 2.05) is 6.92 Å². The zero-order valence-electron chi connectivity index (χ0n) is 13.0. The Kier molecular flexibility index (Phi) is 5.33. The van der Waals surface area contributed by atoms with Crippen molar-refractivity contribution in [3.8, 4) is 0 Å². The molecule has 0 bridgehead atoms. The number of carbonyl (C=O) groups excluding carboxylic acids is 1. The Labute approximate surface area is 138 Å². The van der Waals surface area contributed by atoms with Crippen LogP contribution in [-0.2, 0) is 25.5 Å². The summed E-state index contributed by atoms with van der Waals surface area (Å²) >= 11 is 0. The highest BCUT2D eigenvalue weighted by Crippen LogP contribution is 2.19. The number of hydrogen-bond acceptors (Lipinski definition) is 4. The Hall–Kier alpha value is -1.99. The minimum Gasteiger partial charge on any atom is -0.465 e. The standard InChI is InChI=1S/C16H17NO4S2/c1-12-8-10-13(11-9-12)23(19,20)17-22(3)15-7-5-4-6-14(15)16(18)21-2/h4-11H,1-3H3. The average molecular weight is 351 g/mol. The van der Waals surface area contributed by atoms with E-state index in [1.54, 1.807) is 42.7 Å². The van der Waals surface area contributed by atoms with Gasteiger partial charge in [0.25, 0.3) is 10.0 Å². The molecule has 0 aromatic heterocycles. The van der Waals surface area contributed by atoms with Crippen LogP contribution in [-0.4, -0.2) is 27.8 Å². The maximum atomic E-state index is 12.4. The molecule has 2 rings (SSSR count). The predicted octanol–water partition coefficient (Wildman–Crippen LogP) is 2.96. The van der Waals surface area contributed by atoms with E-state index < -0.39 is 26.7 Å². The Bertz CT molecular complexity index is 856. The van der Waals surface area contributed by atoms with E-state index in [2.05, 4.69) is 3.77 Å². The molecule has 0 heterocycles. The molecular formula is C16H17NO4S2. The summed E-state index contributed by atoms with van der Waals surface area (Å²) in [7, 11) is -3.51. The molecule has 2 aromatic rings. The fourth-order valence-electron chi connectivity index (χ4n) is 1.94. The van der Waals surface area contributed by atoms with Crippen molar-refractivity contribution >= 4 is 26.7 Å². The summed E-state index contributed by atoms with van der Waals surface area (Å²) in [5, 5.41) is 0. The normalized spacial score (nSPS) is 12.8. The van der Waals surface area contributed by atoms with Gasteiger partial charge in [-0.2, -0.15) is 8.42 Å². The van der Waals surface area contributed by atoms with Crippen LogP contribution < -0.4 is 0 Å². The minimum atomic E-state index is -3.79. The summed E-state index contributed by atoms with van der Waals surface area (Å²) in [5.41, 5.74) is 1.29. The molecular weight excluding hydrogens is 334 g/mol. The summed E-state index contributed by atoms with van der Waals surface area (Å²) in [5.74, 6) is -0.511. The van der Waals surface area contributed by atoms with E-state index in [0.717, 1.165) is 5.56 Å². The third kappa shape index (κ3) is 4.05. The van der Waals surface area contributed by atoms with E-state index in [1.165, 1.54) is 19.2 Å². The lowest BCUT2D eigenvalue weighted by Gasteiger charge is -2.08. The third-order valence-electron chi connectivity index (χ3n) is 3.14. The molecule has 1 atom stereocenters. The Morgan fingerprint density at radius 3 is 2.30 bits per heavy atom. The van der Waals surface area contributed by atoms with Crippen molar-refractivity contribution in [3.63, 3.8) is 0 Å². The van der Waals surface area contributed by atoms with Gasteiger partial charge in [0.1, 0.15) is 0 Å². The predicted molar refractivity (Wildman–Crippen MR) is 90.1 cm³/mol. The first-order chi connectivity index (χ1) is 10.8. The van der Waals surface area contributed by atoms with Crippen molar-refractivity contribution in [1.82, 2.24) is 0 Å². The number of carbonyl (C=O) groups is 1. The van der Waals surface area contributed by atoms with E-state index >= 15 is 0 Å². The van der Waals surface area contributed by atoms with Crippen molar-refractivity contribution in [2.75, 3.05) is 13.4 Å². The van der Waals surface area contributed by atoms with Gasteiger partial charge in [-0.15, -0.1) is 3.77 Å². The van der Waals surface area contributed by atoms with Crippen LogP contribution in [0.2, 0.25) is 0 Å². The fraction of sp³-hybridized carbons (Fsp3) is 0.188. The number of esters is 1. The largest absolute Gasteiger partial charge is 0.465 e. The number of sulfonamides is 1. The van der Waals surface area contributed by atoms with Crippen LogP contribution in [0.3, 0.4) is 0 Å². The van der Waals surface area contributed by atoms with Gasteiger partial charge in [0, 0.05) is 4.90 Å². The van der Waals surface area contributed by atoms with Crippen molar-refractivity contribution in [2.45, 2.75) is 16.7 Å². The summed E-state index contributed by atoms with van der Waals surface area (Å²) in [6, 6.07) is 13.2. The smallest absolute Gasteiger partial charge is 0.339 e. The molecule has 0 fully saturated rings. The Balaban J connectivity index is 2.48. The van der Waals surface area contributed by atoms with Crippen molar-refractivity contribution in [2.24, 2.45) is 3.77 Å². The van der Waals surface area contributed by atoms with Crippen LogP contribution in [0, 0.1) is 6.92 Å². The van der Waals surface area contributed by atoms with E-state index in [9.17, 15) is 13.2 Å². The van der Waals surface area contributed by atoms with Crippen molar-refractivity contribution < 1.29 is 17.9 Å². The maximum absolute atomic E-state index is 12.4. The molecule has 0 N–H and O–H groups in total. The molecule has 0 aliphatic heterocycles. The third-order valence-corrected chi connectivity index (χ3v) is 6.68. The molecule has 23 heavy (non-hydrogen) atoms. The average Bonchev–Trinajstić information content (AvgIpc) is 2.54. The lowest BCUT2D eigenvalue weighted by Crippen LogP contribution is -2.07. The number of ether oxygens (including phenoxy) is 1. The van der Waals surface area contributed by atoms with Crippen LogP contribution >= 0.6 is 0 Å². The monoisotopic (exact) mass is 351 g/mol. The molecule has 0 saturated carbocycles. The topological polar surface area (TPSA) is 72.8 Å². The highest BCUT2D eigenvalue weighted by atomic mass is 32.3. The first kappa shape index (κ1) is 17.4. The van der Waals surface area contributed by atoms with Crippen LogP contribution in [0.4, 0.5) is 0 Å². The second-order valence-corrected chi connectivity index (χ2v) is 8.24. The first-order valence-electron chi connectivity index (χ1n) is 6.73. The quantitative estimate of drug-likeness (QED) is 0.794. The molecule has 0 radical (unpaired) electrons. The molecule has 7 heteroatoms. The summed E-state index contributed by atoms with van der Waals surface area (Å²) in [4.78, 5) is 12.5. The van der Waals surface area contributed by atoms with E-state index in [4.69, 9.17) is 4.74 Å². The molecule has 0 amide bonds. The van der Waals surface area contributed by atoms with Gasteiger partial charge in [-0.25, -0.2) is 4.79 Å². The molecule has 0 saturated heterocycles. The second kappa shape index (κ2) is 7.06. The highest BCUT2D eigenvalue weighted by molar-refractivity contribution is 7.99. The minimum absolute atomic E-state index is 0.137. The van der Waals surface area contributed by atoms with Crippen molar-refractivity contribution in [1.29, 1.82) is 0 Å². The zero-order valence-corrected chi connectivity index (χ0v) is 14.6. The number of nitrogens with zero attached hydrogens (tertiary/aromatic N) is 1. The van der Waals surface area contributed by atoms with Crippen LogP contribution in [0.5, 0.6) is 0 Å². The van der Waals surface area contributed by atoms with Gasteiger partial charge in [-0.1, -0.05) is 40.5 Å². The zero-order chi connectivity index (χ0) is 17.0. The van der Waals surface area contributed by atoms with Crippen LogP contribution in [0.1, 0.15) is 15.9 Å². The van der Waals surface area contributed by atoms with Gasteiger partial charge < -0.3 is 4.74 Å². The summed E-state index contributed by atoms with van der Waals surface area (Å²) in [6.45, 7) is 1.88. The van der Waals surface area contributed by atoms with Gasteiger partial charge >= 0.3 is 5.97 Å². The Morgan fingerprint density at radius 2 is 1.70 bits per heavy atom. The lowest BCUT2D eigenvalue weighted by atomic mass is 10.2. The summed E-state index contributed by atoms with van der Waals surface area (Å²) in [6.07, 6.45) is 1.66. The van der Waals surface area contributed by atoms with Gasteiger partial charge in [-0.05, 0) is 37.4 Å². The Morgan fingerprint density at radius 1 is 1.09 bits per heavy atom. The number of rotatable bonds is 4. The summed E-state index contributed by atoms with van der Waals surface area (Å²) < 4.78 is 33.5. The molecule has 1 unspecified atom stereocenters. The van der Waals surface area contributed by atoms with Crippen molar-refractivity contribution in [3.05, 3.63) is 59.7 Å². The van der Waals surface area contributed by atoms with Crippen LogP contribution in [0.15, 0.2) is 62.1 Å². The van der Waals surface area contributed by atoms with E-state index in [-0.39, 0.29) is 4.90 Å². The molecule has 0 aliphatic rings. The van der Waals surface area contributed by atoms with Gasteiger partial charge in [0.15, 0.2) is 0 Å². The number of aryl methyl sites for hydroxylation is 1. The molecule has 122 valence electrons. The van der Waals surface area contributed by atoms with Gasteiger partial charge in [0.05, 0.1) is 17.6 Å². The molecule has 0 aliphatic carbocycles. The molecule has 0 spiro atoms. The maximum Gasteiger partial charge on any atom is 0.339 e. The molecule has 5 nitrogen and oxygen atoms in total. The SMILES string of the molecule is COC(=O)c1ccccc1/S(C)=N/S(=O)(=O)c1ccc(C)cc1. The van der Waals surface area contributed by atoms with Crippen LogP contribution in [0.25, 0.3) is 0 Å². The fourth-order valence-corrected chi connectivity index (χ4v) is 5.01. The number of methoxy groups -OCH3 is 1. The van der Waals surface area contributed by atoms with Gasteiger partial charge in [-0.3, -0.25) is 0 Å². The molecule has 2 aromatic carbocycles. The number of benzene rings is 2. The van der Waals surface area contributed by atoms with E-state index in [0.29, 0.717) is 10.5 Å². The highest BCUT2D eigenvalue weighted by Gasteiger charge is 2.17. The van der Waals surface area contributed by atoms with Gasteiger partial charge in [0.2, 0.25) is 0 Å².